The van der Waals surface area contributed by atoms with Crippen LogP contribution in [0.4, 0.5) is 0 Å². The minimum atomic E-state index is -0.391. The summed E-state index contributed by atoms with van der Waals surface area (Å²) in [6, 6.07) is 18.6. The predicted molar refractivity (Wildman–Crippen MR) is 138 cm³/mol. The van der Waals surface area contributed by atoms with Crippen LogP contribution in [0.25, 0.3) is 0 Å². The van der Waals surface area contributed by atoms with Crippen molar-refractivity contribution < 1.29 is 14.3 Å². The number of ketones is 1. The standard InChI is InChI=1S/C31H35NO3/c1-3-21-14-16-23(17-15-21)29-28(31(34)35-25-12-8-5-9-13-25)20(2)32-26-18-24(19-27(33)30(26)29)22-10-6-4-7-11-22/h4,6-7,10-11,14-17,24-25,29,32H,3,5,8-9,12-13,18-19H2,1-2H3/t24-,29+/m0/s1. The maximum Gasteiger partial charge on any atom is 0.337 e. The van der Waals surface area contributed by atoms with Crippen LogP contribution in [0.15, 0.2) is 77.1 Å². The van der Waals surface area contributed by atoms with E-state index >= 15 is 0 Å². The lowest BCUT2D eigenvalue weighted by Gasteiger charge is -2.37. The topological polar surface area (TPSA) is 55.4 Å². The van der Waals surface area contributed by atoms with Crippen molar-refractivity contribution in [2.45, 2.75) is 83.2 Å². The molecule has 1 fully saturated rings. The SMILES string of the molecule is CCc1ccc([C@@H]2C(C(=O)OC3CCCCC3)=C(C)NC3=C2C(=O)C[C@@H](c2ccccc2)C3)cc1. The summed E-state index contributed by atoms with van der Waals surface area (Å²) in [7, 11) is 0. The second-order valence-electron chi connectivity index (χ2n) is 10.2. The van der Waals surface area contributed by atoms with Gasteiger partial charge in [0.05, 0.1) is 5.57 Å². The summed E-state index contributed by atoms with van der Waals surface area (Å²) >= 11 is 0. The van der Waals surface area contributed by atoms with Crippen LogP contribution in [0, 0.1) is 0 Å². The molecule has 182 valence electrons. The van der Waals surface area contributed by atoms with Crippen LogP contribution in [-0.4, -0.2) is 17.9 Å². The maximum absolute atomic E-state index is 13.7. The van der Waals surface area contributed by atoms with Crippen molar-refractivity contribution in [1.29, 1.82) is 0 Å². The Bertz CT molecular complexity index is 1150. The molecule has 0 bridgehead atoms. The third-order valence-corrected chi connectivity index (χ3v) is 7.87. The Kier molecular flexibility index (Phi) is 6.90. The lowest BCUT2D eigenvalue weighted by atomic mass is 9.71. The molecule has 0 radical (unpaired) electrons. The van der Waals surface area contributed by atoms with Crippen molar-refractivity contribution in [2.75, 3.05) is 0 Å². The summed E-state index contributed by atoms with van der Waals surface area (Å²) < 4.78 is 6.03. The van der Waals surface area contributed by atoms with Crippen molar-refractivity contribution in [3.05, 3.63) is 93.8 Å². The smallest absolute Gasteiger partial charge is 0.337 e. The molecule has 1 aliphatic heterocycles. The molecular weight excluding hydrogens is 434 g/mol. The average Bonchev–Trinajstić information content (AvgIpc) is 2.89. The highest BCUT2D eigenvalue weighted by Crippen LogP contribution is 2.46. The van der Waals surface area contributed by atoms with Gasteiger partial charge in [-0.25, -0.2) is 4.79 Å². The van der Waals surface area contributed by atoms with Crippen LogP contribution in [0.1, 0.15) is 87.3 Å². The number of rotatable bonds is 5. The number of dihydropyridines is 1. The second kappa shape index (κ2) is 10.2. The molecule has 0 amide bonds. The molecule has 1 saturated carbocycles. The second-order valence-corrected chi connectivity index (χ2v) is 10.2. The van der Waals surface area contributed by atoms with Gasteiger partial charge in [-0.1, -0.05) is 67.9 Å². The molecule has 35 heavy (non-hydrogen) atoms. The number of ether oxygens (including phenoxy) is 1. The molecule has 4 nitrogen and oxygen atoms in total. The fraction of sp³-hybridized carbons (Fsp3) is 0.419. The zero-order valence-electron chi connectivity index (χ0n) is 20.8. The number of benzene rings is 2. The molecule has 1 heterocycles. The first kappa shape index (κ1) is 23.6. The third kappa shape index (κ3) is 4.84. The summed E-state index contributed by atoms with van der Waals surface area (Å²) in [5.74, 6) is -0.414. The molecule has 0 spiro atoms. The molecule has 4 heteroatoms. The first-order valence-corrected chi connectivity index (χ1v) is 13.1. The Morgan fingerprint density at radius 3 is 2.34 bits per heavy atom. The third-order valence-electron chi connectivity index (χ3n) is 7.87. The monoisotopic (exact) mass is 469 g/mol. The maximum atomic E-state index is 13.7. The molecule has 5 rings (SSSR count). The van der Waals surface area contributed by atoms with Gasteiger partial charge in [0.2, 0.25) is 0 Å². The highest BCUT2D eigenvalue weighted by atomic mass is 16.5. The lowest BCUT2D eigenvalue weighted by molar-refractivity contribution is -0.146. The van der Waals surface area contributed by atoms with Gasteiger partial charge in [0, 0.05) is 29.3 Å². The molecule has 2 aromatic carbocycles. The zero-order chi connectivity index (χ0) is 24.4. The summed E-state index contributed by atoms with van der Waals surface area (Å²) in [6.07, 6.45) is 7.39. The van der Waals surface area contributed by atoms with Crippen LogP contribution in [0.2, 0.25) is 0 Å². The first-order valence-electron chi connectivity index (χ1n) is 13.1. The fourth-order valence-electron chi connectivity index (χ4n) is 5.95. The first-order chi connectivity index (χ1) is 17.0. The van der Waals surface area contributed by atoms with E-state index in [1.807, 2.05) is 25.1 Å². The van der Waals surface area contributed by atoms with E-state index in [2.05, 4.69) is 48.6 Å². The highest BCUT2D eigenvalue weighted by molar-refractivity contribution is 6.04. The fourth-order valence-corrected chi connectivity index (χ4v) is 5.95. The van der Waals surface area contributed by atoms with Gasteiger partial charge in [-0.05, 0) is 68.1 Å². The van der Waals surface area contributed by atoms with Gasteiger partial charge >= 0.3 is 5.97 Å². The van der Waals surface area contributed by atoms with Crippen molar-refractivity contribution in [3.8, 4) is 0 Å². The van der Waals surface area contributed by atoms with E-state index in [4.69, 9.17) is 4.74 Å². The van der Waals surface area contributed by atoms with Gasteiger partial charge in [0.15, 0.2) is 5.78 Å². The Morgan fingerprint density at radius 1 is 0.943 bits per heavy atom. The summed E-state index contributed by atoms with van der Waals surface area (Å²) in [6.45, 7) is 4.08. The van der Waals surface area contributed by atoms with E-state index < -0.39 is 5.92 Å². The molecule has 2 atom stereocenters. The minimum Gasteiger partial charge on any atom is -0.459 e. The van der Waals surface area contributed by atoms with Crippen molar-refractivity contribution in [3.63, 3.8) is 0 Å². The van der Waals surface area contributed by atoms with E-state index in [1.165, 1.54) is 17.5 Å². The molecule has 0 aromatic heterocycles. The Labute approximate surface area is 208 Å². The molecule has 0 saturated heterocycles. The number of carbonyl (C=O) groups excluding carboxylic acids is 2. The minimum absolute atomic E-state index is 0.0282. The number of allylic oxidation sites excluding steroid dienone is 3. The summed E-state index contributed by atoms with van der Waals surface area (Å²) in [5, 5.41) is 3.48. The van der Waals surface area contributed by atoms with Gasteiger partial charge < -0.3 is 10.1 Å². The Balaban J connectivity index is 1.52. The van der Waals surface area contributed by atoms with Crippen molar-refractivity contribution in [1.82, 2.24) is 5.32 Å². The molecule has 0 unspecified atom stereocenters. The van der Waals surface area contributed by atoms with Gasteiger partial charge in [0.1, 0.15) is 6.10 Å². The number of esters is 1. The van der Waals surface area contributed by atoms with Gasteiger partial charge in [-0.2, -0.15) is 0 Å². The van der Waals surface area contributed by atoms with E-state index in [9.17, 15) is 9.59 Å². The van der Waals surface area contributed by atoms with E-state index in [1.54, 1.807) is 0 Å². The Hall–Kier alpha value is -3.14. The number of Topliss-reactive ketones (excluding diaryl/α,β-unsaturated/α-hetero) is 1. The molecule has 3 aliphatic rings. The van der Waals surface area contributed by atoms with Gasteiger partial charge in [-0.15, -0.1) is 0 Å². The average molecular weight is 470 g/mol. The predicted octanol–water partition coefficient (Wildman–Crippen LogP) is 6.49. The zero-order valence-corrected chi connectivity index (χ0v) is 20.8. The molecular formula is C31H35NO3. The summed E-state index contributed by atoms with van der Waals surface area (Å²) in [5.41, 5.74) is 6.48. The van der Waals surface area contributed by atoms with Gasteiger partial charge in [-0.3, -0.25) is 4.79 Å². The van der Waals surface area contributed by atoms with Crippen LogP contribution in [0.5, 0.6) is 0 Å². The van der Waals surface area contributed by atoms with Crippen molar-refractivity contribution in [2.24, 2.45) is 0 Å². The van der Waals surface area contributed by atoms with E-state index in [-0.39, 0.29) is 23.8 Å². The van der Waals surface area contributed by atoms with Crippen LogP contribution in [-0.2, 0) is 20.7 Å². The highest BCUT2D eigenvalue weighted by Gasteiger charge is 2.41. The Morgan fingerprint density at radius 2 is 1.66 bits per heavy atom. The normalized spacial score (nSPS) is 23.1. The number of carbonyl (C=O) groups is 2. The number of nitrogens with one attached hydrogen (secondary N) is 1. The molecule has 2 aliphatic carbocycles. The van der Waals surface area contributed by atoms with Crippen LogP contribution >= 0.6 is 0 Å². The number of aryl methyl sites for hydroxylation is 1. The summed E-state index contributed by atoms with van der Waals surface area (Å²) in [4.78, 5) is 27.3. The van der Waals surface area contributed by atoms with E-state index in [0.29, 0.717) is 12.0 Å². The van der Waals surface area contributed by atoms with Crippen molar-refractivity contribution >= 4 is 11.8 Å². The van der Waals surface area contributed by atoms with Crippen LogP contribution in [0.3, 0.4) is 0 Å². The number of hydrogen-bond donors (Lipinski definition) is 1. The largest absolute Gasteiger partial charge is 0.459 e. The van der Waals surface area contributed by atoms with Crippen LogP contribution < -0.4 is 5.32 Å². The number of hydrogen-bond acceptors (Lipinski definition) is 4. The van der Waals surface area contributed by atoms with Gasteiger partial charge in [0.25, 0.3) is 0 Å². The molecule has 2 aromatic rings. The molecule has 1 N–H and O–H groups in total. The van der Waals surface area contributed by atoms with E-state index in [0.717, 1.165) is 61.1 Å². The quantitative estimate of drug-likeness (QED) is 0.509. The lowest BCUT2D eigenvalue weighted by Crippen LogP contribution is -2.37.